The fourth-order valence-corrected chi connectivity index (χ4v) is 5.35. The summed E-state index contributed by atoms with van der Waals surface area (Å²) < 4.78 is 0. The zero-order chi connectivity index (χ0) is 22.8. The van der Waals surface area contributed by atoms with E-state index in [1.54, 1.807) is 11.3 Å². The van der Waals surface area contributed by atoms with Crippen molar-refractivity contribution in [1.82, 2.24) is 0 Å². The summed E-state index contributed by atoms with van der Waals surface area (Å²) in [7, 11) is 0. The number of amides is 1. The van der Waals surface area contributed by atoms with E-state index < -0.39 is 6.04 Å². The maximum Gasteiger partial charge on any atom is 0.249 e. The number of benzene rings is 2. The minimum atomic E-state index is -0.466. The van der Waals surface area contributed by atoms with Crippen LogP contribution in [0.2, 0.25) is 5.02 Å². The van der Waals surface area contributed by atoms with E-state index in [0.29, 0.717) is 15.8 Å². The Morgan fingerprint density at radius 1 is 1.09 bits per heavy atom. The Hall–Kier alpha value is -1.95. The molecule has 0 saturated carbocycles. The molecule has 6 heteroatoms. The molecule has 2 unspecified atom stereocenters. The van der Waals surface area contributed by atoms with Crippen LogP contribution in [0.5, 0.6) is 0 Å². The van der Waals surface area contributed by atoms with Crippen molar-refractivity contribution in [3.63, 3.8) is 0 Å². The van der Waals surface area contributed by atoms with E-state index in [9.17, 15) is 4.79 Å². The summed E-state index contributed by atoms with van der Waals surface area (Å²) in [6.07, 6.45) is 1.84. The molecule has 3 nitrogen and oxygen atoms in total. The lowest BCUT2D eigenvalue weighted by Crippen LogP contribution is -2.22. The van der Waals surface area contributed by atoms with Crippen LogP contribution in [0, 0.1) is 5.92 Å². The highest BCUT2D eigenvalue weighted by atomic mass is 79.9. The van der Waals surface area contributed by atoms with Gasteiger partial charge in [0.15, 0.2) is 0 Å². The van der Waals surface area contributed by atoms with Crippen LogP contribution in [0.25, 0.3) is 0 Å². The van der Waals surface area contributed by atoms with Gasteiger partial charge in [-0.05, 0) is 48.9 Å². The van der Waals surface area contributed by atoms with Crippen molar-refractivity contribution < 1.29 is 4.79 Å². The molecule has 2 heterocycles. The first-order chi connectivity index (χ1) is 15.3. The van der Waals surface area contributed by atoms with Crippen molar-refractivity contribution >= 4 is 55.5 Å². The van der Waals surface area contributed by atoms with E-state index >= 15 is 0 Å². The minimum Gasteiger partial charge on any atom is -0.315 e. The van der Waals surface area contributed by atoms with Gasteiger partial charge in [-0.25, -0.2) is 0 Å². The van der Waals surface area contributed by atoms with Crippen molar-refractivity contribution in [3.8, 4) is 0 Å². The van der Waals surface area contributed by atoms with Crippen LogP contribution < -0.4 is 5.32 Å². The lowest BCUT2D eigenvalue weighted by Gasteiger charge is -2.14. The number of nitrogens with one attached hydrogen (secondary N) is 1. The van der Waals surface area contributed by atoms with Gasteiger partial charge in [-0.1, -0.05) is 83.8 Å². The van der Waals surface area contributed by atoms with Gasteiger partial charge in [-0.2, -0.15) is 0 Å². The molecule has 1 aromatic heterocycles. The topological polar surface area (TPSA) is 41.5 Å². The Labute approximate surface area is 207 Å². The molecule has 3 aromatic rings. The Morgan fingerprint density at radius 3 is 2.50 bits per heavy atom. The molecule has 0 fully saturated rings. The lowest BCUT2D eigenvalue weighted by molar-refractivity contribution is -0.116. The van der Waals surface area contributed by atoms with Crippen molar-refractivity contribution in [2.24, 2.45) is 10.9 Å². The summed E-state index contributed by atoms with van der Waals surface area (Å²) in [5.74, 6) is 0.459. The molecule has 1 aliphatic heterocycles. The van der Waals surface area contributed by atoms with E-state index in [1.807, 2.05) is 31.2 Å². The Balaban J connectivity index is 1.57. The highest BCUT2D eigenvalue weighted by molar-refractivity contribution is 9.09. The SMILES string of the molecule is CC1N=C(c2ccccc2Cl)c2cc(CCc3ccc(C(Br)C(C)C)cc3)sc2NC1=O. The quantitative estimate of drug-likeness (QED) is 0.331. The standard InChI is InChI=1S/C26H26BrClN2OS/c1-15(2)23(27)18-11-8-17(9-12-18)10-13-19-14-21-24(20-6-4-5-7-22(20)28)29-16(3)25(31)30-26(21)32-19/h4-9,11-12,14-16,23H,10,13H2,1-3H3,(H,30,31). The number of alkyl halides is 1. The first-order valence-corrected chi connectivity index (χ1v) is 12.9. The molecule has 2 atom stereocenters. The van der Waals surface area contributed by atoms with Crippen molar-refractivity contribution in [2.75, 3.05) is 5.32 Å². The lowest BCUT2D eigenvalue weighted by atomic mass is 10.00. The first-order valence-electron chi connectivity index (χ1n) is 10.8. The van der Waals surface area contributed by atoms with E-state index in [-0.39, 0.29) is 5.91 Å². The molecule has 0 spiro atoms. The second kappa shape index (κ2) is 9.90. The van der Waals surface area contributed by atoms with Gasteiger partial charge in [-0.3, -0.25) is 9.79 Å². The number of carbonyl (C=O) groups is 1. The number of fused-ring (bicyclic) bond motifs is 1. The average Bonchev–Trinajstić information content (AvgIpc) is 3.13. The third kappa shape index (κ3) is 5.00. The number of rotatable bonds is 6. The number of thiophene rings is 1. The van der Waals surface area contributed by atoms with Gasteiger partial charge in [0.1, 0.15) is 11.0 Å². The molecule has 32 heavy (non-hydrogen) atoms. The highest BCUT2D eigenvalue weighted by Crippen LogP contribution is 2.35. The fraction of sp³-hybridized carbons (Fsp3) is 0.308. The molecular formula is C26H26BrClN2OS. The van der Waals surface area contributed by atoms with Crippen LogP contribution in [0.1, 0.15) is 52.7 Å². The summed E-state index contributed by atoms with van der Waals surface area (Å²) in [6.45, 7) is 6.24. The molecule has 2 aromatic carbocycles. The van der Waals surface area contributed by atoms with Gasteiger partial charge in [-0.15, -0.1) is 11.3 Å². The van der Waals surface area contributed by atoms with Gasteiger partial charge < -0.3 is 5.32 Å². The van der Waals surface area contributed by atoms with Crippen molar-refractivity contribution in [2.45, 2.75) is 44.5 Å². The number of carbonyl (C=O) groups excluding carboxylic acids is 1. The van der Waals surface area contributed by atoms with E-state index in [1.165, 1.54) is 16.0 Å². The first kappa shape index (κ1) is 23.2. The molecular weight excluding hydrogens is 504 g/mol. The maximum atomic E-state index is 12.5. The van der Waals surface area contributed by atoms with Gasteiger partial charge in [0.05, 0.1) is 5.71 Å². The average molecular weight is 530 g/mol. The zero-order valence-corrected chi connectivity index (χ0v) is 21.5. The number of nitrogens with zero attached hydrogens (tertiary/aromatic N) is 1. The van der Waals surface area contributed by atoms with Crippen LogP contribution in [0.15, 0.2) is 59.6 Å². The number of halogens is 2. The number of anilines is 1. The second-order valence-electron chi connectivity index (χ2n) is 8.47. The van der Waals surface area contributed by atoms with Crippen LogP contribution in [-0.4, -0.2) is 17.7 Å². The molecule has 0 radical (unpaired) electrons. The predicted molar refractivity (Wildman–Crippen MR) is 140 cm³/mol. The van der Waals surface area contributed by atoms with Crippen LogP contribution in [-0.2, 0) is 17.6 Å². The fourth-order valence-electron chi connectivity index (χ4n) is 3.76. The van der Waals surface area contributed by atoms with E-state index in [4.69, 9.17) is 16.6 Å². The normalized spacial score (nSPS) is 16.9. The van der Waals surface area contributed by atoms with E-state index in [0.717, 1.165) is 34.7 Å². The summed E-state index contributed by atoms with van der Waals surface area (Å²) in [4.78, 5) is 18.8. The highest BCUT2D eigenvalue weighted by Gasteiger charge is 2.26. The second-order valence-corrected chi connectivity index (χ2v) is 11.0. The van der Waals surface area contributed by atoms with Gasteiger partial charge in [0.25, 0.3) is 0 Å². The molecule has 166 valence electrons. The Bertz CT molecular complexity index is 1150. The molecule has 4 rings (SSSR count). The monoisotopic (exact) mass is 528 g/mol. The summed E-state index contributed by atoms with van der Waals surface area (Å²) >= 11 is 11.9. The number of aryl methyl sites for hydroxylation is 2. The largest absolute Gasteiger partial charge is 0.315 e. The van der Waals surface area contributed by atoms with E-state index in [2.05, 4.69) is 65.4 Å². The number of aliphatic imine (C=N–C) groups is 1. The molecule has 0 bridgehead atoms. The van der Waals surface area contributed by atoms with Gasteiger partial charge in [0.2, 0.25) is 5.91 Å². The van der Waals surface area contributed by atoms with Gasteiger partial charge in [0, 0.05) is 25.9 Å². The number of hydrogen-bond acceptors (Lipinski definition) is 3. The summed E-state index contributed by atoms with van der Waals surface area (Å²) in [5.41, 5.74) is 5.20. The van der Waals surface area contributed by atoms with Crippen LogP contribution in [0.4, 0.5) is 5.00 Å². The molecule has 0 aliphatic carbocycles. The minimum absolute atomic E-state index is 0.0910. The predicted octanol–water partition coefficient (Wildman–Crippen LogP) is 7.46. The van der Waals surface area contributed by atoms with Crippen molar-refractivity contribution in [3.05, 3.63) is 86.8 Å². The Morgan fingerprint density at radius 2 is 1.81 bits per heavy atom. The Kier molecular flexibility index (Phi) is 7.18. The summed E-state index contributed by atoms with van der Waals surface area (Å²) in [6, 6.07) is 18.2. The molecule has 1 N–H and O–H groups in total. The zero-order valence-electron chi connectivity index (χ0n) is 18.4. The number of hydrogen-bond donors (Lipinski definition) is 1. The molecule has 0 saturated heterocycles. The van der Waals surface area contributed by atoms with Crippen molar-refractivity contribution in [1.29, 1.82) is 0 Å². The summed E-state index contributed by atoms with van der Waals surface area (Å²) in [5, 5.41) is 4.54. The molecule has 1 amide bonds. The third-order valence-corrected chi connectivity index (χ3v) is 8.68. The third-order valence-electron chi connectivity index (χ3n) is 5.65. The van der Waals surface area contributed by atoms with Gasteiger partial charge >= 0.3 is 0 Å². The van der Waals surface area contributed by atoms with Crippen LogP contribution >= 0.6 is 38.9 Å². The smallest absolute Gasteiger partial charge is 0.249 e. The maximum absolute atomic E-state index is 12.5. The van der Waals surface area contributed by atoms with Crippen LogP contribution in [0.3, 0.4) is 0 Å². The molecule has 1 aliphatic rings.